The van der Waals surface area contributed by atoms with Crippen molar-refractivity contribution >= 4 is 11.6 Å². The van der Waals surface area contributed by atoms with Crippen LogP contribution in [0.3, 0.4) is 0 Å². The van der Waals surface area contributed by atoms with Crippen molar-refractivity contribution in [1.82, 2.24) is 0 Å². The topological polar surface area (TPSA) is 26.0 Å². The number of benzene rings is 1. The van der Waals surface area contributed by atoms with E-state index in [1.165, 1.54) is 31.2 Å². The summed E-state index contributed by atoms with van der Waals surface area (Å²) in [6.07, 6.45) is 6.02. The molecule has 2 rings (SSSR count). The van der Waals surface area contributed by atoms with Gasteiger partial charge in [-0.25, -0.2) is 0 Å². The molecule has 0 aromatic heterocycles. The quantitative estimate of drug-likeness (QED) is 0.860. The van der Waals surface area contributed by atoms with Gasteiger partial charge in [0.05, 0.1) is 0 Å². The highest BCUT2D eigenvalue weighted by Crippen LogP contribution is 2.46. The average Bonchev–Trinajstić information content (AvgIpc) is 2.35. The molecule has 0 amide bonds. The number of hydrogen-bond acceptors (Lipinski definition) is 1. The van der Waals surface area contributed by atoms with Gasteiger partial charge in [-0.2, -0.15) is 0 Å². The summed E-state index contributed by atoms with van der Waals surface area (Å²) in [5, 5.41) is 0.884. The number of rotatable bonds is 3. The minimum absolute atomic E-state index is 0.264. The van der Waals surface area contributed by atoms with Crippen LogP contribution in [0.4, 0.5) is 0 Å². The zero-order valence-corrected chi connectivity index (χ0v) is 12.3. The highest BCUT2D eigenvalue weighted by atomic mass is 35.5. The largest absolute Gasteiger partial charge is 0.330 e. The Hall–Kier alpha value is -0.530. The van der Waals surface area contributed by atoms with Gasteiger partial charge < -0.3 is 5.73 Å². The van der Waals surface area contributed by atoms with Crippen LogP contribution in [-0.2, 0) is 6.42 Å². The van der Waals surface area contributed by atoms with E-state index in [4.69, 9.17) is 17.3 Å². The van der Waals surface area contributed by atoms with E-state index in [9.17, 15) is 0 Å². The highest BCUT2D eigenvalue weighted by Gasteiger charge is 2.37. The first-order valence-corrected chi connectivity index (χ1v) is 7.28. The minimum Gasteiger partial charge on any atom is -0.330 e. The van der Waals surface area contributed by atoms with E-state index in [2.05, 4.69) is 26.0 Å². The molecule has 1 aliphatic rings. The zero-order valence-electron chi connectivity index (χ0n) is 11.5. The second-order valence-corrected chi connectivity index (χ2v) is 7.04. The molecule has 1 fully saturated rings. The Labute approximate surface area is 116 Å². The molecule has 100 valence electrons. The van der Waals surface area contributed by atoms with Crippen molar-refractivity contribution in [1.29, 1.82) is 0 Å². The fraction of sp³-hybridized carbons (Fsp3) is 0.625. The molecular weight excluding hydrogens is 242 g/mol. The van der Waals surface area contributed by atoms with Crippen molar-refractivity contribution in [3.05, 3.63) is 34.9 Å². The third-order valence-electron chi connectivity index (χ3n) is 4.62. The second kappa shape index (κ2) is 5.22. The van der Waals surface area contributed by atoms with Gasteiger partial charge in [0.1, 0.15) is 0 Å². The van der Waals surface area contributed by atoms with E-state index < -0.39 is 0 Å². The van der Waals surface area contributed by atoms with Crippen molar-refractivity contribution in [2.75, 3.05) is 6.54 Å². The molecule has 1 nitrogen and oxygen atoms in total. The van der Waals surface area contributed by atoms with Gasteiger partial charge in [-0.15, -0.1) is 0 Å². The van der Waals surface area contributed by atoms with Crippen LogP contribution >= 0.6 is 11.6 Å². The molecule has 0 heterocycles. The van der Waals surface area contributed by atoms with E-state index in [0.717, 1.165) is 18.0 Å². The summed E-state index contributed by atoms with van der Waals surface area (Å²) in [5.41, 5.74) is 8.09. The Morgan fingerprint density at radius 2 is 1.72 bits per heavy atom. The Balaban J connectivity index is 2.13. The average molecular weight is 266 g/mol. The second-order valence-electron chi connectivity index (χ2n) is 6.64. The van der Waals surface area contributed by atoms with E-state index in [1.54, 1.807) is 0 Å². The molecule has 2 heteroatoms. The summed E-state index contributed by atoms with van der Waals surface area (Å²) in [6.45, 7) is 5.50. The minimum atomic E-state index is 0.264. The Kier molecular flexibility index (Phi) is 4.03. The van der Waals surface area contributed by atoms with E-state index in [-0.39, 0.29) is 5.41 Å². The Morgan fingerprint density at radius 3 is 2.28 bits per heavy atom. The molecule has 0 aliphatic heterocycles. The molecule has 18 heavy (non-hydrogen) atoms. The third-order valence-corrected chi connectivity index (χ3v) is 4.99. The normalized spacial score (nSPS) is 21.8. The fourth-order valence-electron chi connectivity index (χ4n) is 2.96. The first-order chi connectivity index (χ1) is 8.46. The SMILES string of the molecule is CC1(C)CCC(CN)(Cc2ccccc2Cl)CC1. The van der Waals surface area contributed by atoms with Crippen LogP contribution < -0.4 is 5.73 Å². The summed E-state index contributed by atoms with van der Waals surface area (Å²) < 4.78 is 0. The summed E-state index contributed by atoms with van der Waals surface area (Å²) in [7, 11) is 0. The molecule has 0 atom stereocenters. The Morgan fingerprint density at radius 1 is 1.11 bits per heavy atom. The first kappa shape index (κ1) is 13.9. The van der Waals surface area contributed by atoms with Crippen molar-refractivity contribution in [3.8, 4) is 0 Å². The summed E-state index contributed by atoms with van der Waals surface area (Å²) in [4.78, 5) is 0. The highest BCUT2D eigenvalue weighted by molar-refractivity contribution is 6.31. The molecule has 0 unspecified atom stereocenters. The van der Waals surface area contributed by atoms with E-state index >= 15 is 0 Å². The molecular formula is C16H24ClN. The number of halogens is 1. The summed E-state index contributed by atoms with van der Waals surface area (Å²) in [6, 6.07) is 8.18. The molecule has 0 spiro atoms. The standard InChI is InChI=1S/C16H24ClN/c1-15(2)7-9-16(12-18,10-8-15)11-13-5-3-4-6-14(13)17/h3-6H,7-12,18H2,1-2H3. The predicted octanol–water partition coefficient (Wildman–Crippen LogP) is 4.43. The molecule has 1 aliphatic carbocycles. The lowest BCUT2D eigenvalue weighted by Gasteiger charge is -2.43. The lowest BCUT2D eigenvalue weighted by atomic mass is 9.63. The van der Waals surface area contributed by atoms with Crippen LogP contribution in [0.15, 0.2) is 24.3 Å². The van der Waals surface area contributed by atoms with Gasteiger partial charge in [-0.05, 0) is 61.1 Å². The van der Waals surface area contributed by atoms with Crippen molar-refractivity contribution in [2.24, 2.45) is 16.6 Å². The first-order valence-electron chi connectivity index (χ1n) is 6.90. The smallest absolute Gasteiger partial charge is 0.0438 e. The third kappa shape index (κ3) is 3.07. The molecule has 1 aromatic carbocycles. The van der Waals surface area contributed by atoms with Gasteiger partial charge in [0.2, 0.25) is 0 Å². The summed E-state index contributed by atoms with van der Waals surface area (Å²) in [5.74, 6) is 0. The monoisotopic (exact) mass is 265 g/mol. The lowest BCUT2D eigenvalue weighted by Crippen LogP contribution is -2.39. The van der Waals surface area contributed by atoms with Crippen LogP contribution in [0.2, 0.25) is 5.02 Å². The van der Waals surface area contributed by atoms with Gasteiger partial charge in [-0.3, -0.25) is 0 Å². The van der Waals surface area contributed by atoms with Crippen molar-refractivity contribution in [3.63, 3.8) is 0 Å². The van der Waals surface area contributed by atoms with Crippen LogP contribution in [0.5, 0.6) is 0 Å². The molecule has 0 bridgehead atoms. The van der Waals surface area contributed by atoms with Crippen LogP contribution in [0.25, 0.3) is 0 Å². The van der Waals surface area contributed by atoms with Gasteiger partial charge in [0.15, 0.2) is 0 Å². The molecule has 1 aromatic rings. The predicted molar refractivity (Wildman–Crippen MR) is 78.9 cm³/mol. The molecule has 0 saturated heterocycles. The maximum atomic E-state index is 6.28. The maximum Gasteiger partial charge on any atom is 0.0438 e. The van der Waals surface area contributed by atoms with Crippen LogP contribution in [0.1, 0.15) is 45.1 Å². The van der Waals surface area contributed by atoms with E-state index in [0.29, 0.717) is 5.41 Å². The van der Waals surface area contributed by atoms with Gasteiger partial charge in [0.25, 0.3) is 0 Å². The van der Waals surface area contributed by atoms with Crippen molar-refractivity contribution < 1.29 is 0 Å². The molecule has 0 radical (unpaired) electrons. The van der Waals surface area contributed by atoms with Crippen LogP contribution in [0, 0.1) is 10.8 Å². The van der Waals surface area contributed by atoms with E-state index in [1.807, 2.05) is 12.1 Å². The van der Waals surface area contributed by atoms with Gasteiger partial charge >= 0.3 is 0 Å². The van der Waals surface area contributed by atoms with Crippen molar-refractivity contribution in [2.45, 2.75) is 46.0 Å². The molecule has 1 saturated carbocycles. The van der Waals surface area contributed by atoms with Crippen LogP contribution in [-0.4, -0.2) is 6.54 Å². The number of hydrogen-bond donors (Lipinski definition) is 1. The van der Waals surface area contributed by atoms with Gasteiger partial charge in [-0.1, -0.05) is 43.6 Å². The Bertz CT molecular complexity index is 401. The lowest BCUT2D eigenvalue weighted by molar-refractivity contribution is 0.108. The van der Waals surface area contributed by atoms with Gasteiger partial charge in [0, 0.05) is 5.02 Å². The maximum absolute atomic E-state index is 6.28. The summed E-state index contributed by atoms with van der Waals surface area (Å²) >= 11 is 6.28. The number of nitrogens with two attached hydrogens (primary N) is 1. The zero-order chi connectivity index (χ0) is 13.2. The fourth-order valence-corrected chi connectivity index (χ4v) is 3.16. The molecule has 2 N–H and O–H groups in total.